The van der Waals surface area contributed by atoms with Gasteiger partial charge < -0.3 is 4.42 Å². The van der Waals surface area contributed by atoms with Crippen LogP contribution in [0.1, 0.15) is 21.9 Å². The van der Waals surface area contributed by atoms with Crippen molar-refractivity contribution in [2.24, 2.45) is 0 Å². The maximum Gasteiger partial charge on any atom is 0.322 e. The van der Waals surface area contributed by atoms with Gasteiger partial charge in [0, 0.05) is 4.88 Å². The third kappa shape index (κ3) is 3.79. The number of hydrogen-bond donors (Lipinski definition) is 1. The first-order valence-corrected chi connectivity index (χ1v) is 7.77. The van der Waals surface area contributed by atoms with Gasteiger partial charge >= 0.3 is 6.01 Å². The fourth-order valence-corrected chi connectivity index (χ4v) is 2.69. The standard InChI is InChI=1S/C16H15N3O2S/c1-11-4-6-12(7-5-11)9-14(20)17-16-19-18-15(21-16)10-13-3-2-8-22-13/h2-8H,9-10H2,1H3,(H,17,19,20). The van der Waals surface area contributed by atoms with E-state index in [1.54, 1.807) is 11.3 Å². The average Bonchev–Trinajstić information content (AvgIpc) is 3.14. The molecule has 3 rings (SSSR count). The number of carbonyl (C=O) groups excluding carboxylic acids is 1. The Labute approximate surface area is 132 Å². The van der Waals surface area contributed by atoms with Crippen LogP contribution < -0.4 is 5.32 Å². The van der Waals surface area contributed by atoms with E-state index in [1.165, 1.54) is 5.56 Å². The molecular formula is C16H15N3O2S. The maximum atomic E-state index is 12.0. The molecule has 0 aliphatic rings. The van der Waals surface area contributed by atoms with Crippen molar-refractivity contribution in [1.29, 1.82) is 0 Å². The summed E-state index contributed by atoms with van der Waals surface area (Å²) in [6.45, 7) is 2.01. The zero-order valence-electron chi connectivity index (χ0n) is 12.1. The van der Waals surface area contributed by atoms with Crippen LogP contribution >= 0.6 is 11.3 Å². The van der Waals surface area contributed by atoms with Crippen molar-refractivity contribution < 1.29 is 9.21 Å². The van der Waals surface area contributed by atoms with E-state index in [0.717, 1.165) is 10.4 Å². The molecule has 22 heavy (non-hydrogen) atoms. The van der Waals surface area contributed by atoms with E-state index in [-0.39, 0.29) is 18.3 Å². The number of nitrogens with zero attached hydrogens (tertiary/aromatic N) is 2. The SMILES string of the molecule is Cc1ccc(CC(=O)Nc2nnc(Cc3cccs3)o2)cc1. The summed E-state index contributed by atoms with van der Waals surface area (Å²) < 4.78 is 5.44. The molecule has 0 atom stereocenters. The zero-order valence-corrected chi connectivity index (χ0v) is 12.9. The molecule has 112 valence electrons. The first-order valence-electron chi connectivity index (χ1n) is 6.89. The van der Waals surface area contributed by atoms with Crippen molar-refractivity contribution in [3.05, 3.63) is 63.7 Å². The fourth-order valence-electron chi connectivity index (χ4n) is 1.99. The van der Waals surface area contributed by atoms with E-state index in [4.69, 9.17) is 4.42 Å². The fraction of sp³-hybridized carbons (Fsp3) is 0.188. The van der Waals surface area contributed by atoms with Crippen LogP contribution in [0.25, 0.3) is 0 Å². The molecule has 0 unspecified atom stereocenters. The minimum absolute atomic E-state index is 0.142. The molecule has 6 heteroatoms. The van der Waals surface area contributed by atoms with E-state index in [2.05, 4.69) is 15.5 Å². The lowest BCUT2D eigenvalue weighted by Gasteiger charge is -2.01. The third-order valence-corrected chi connectivity index (χ3v) is 3.98. The van der Waals surface area contributed by atoms with Crippen LogP contribution in [0.2, 0.25) is 0 Å². The number of carbonyl (C=O) groups is 1. The lowest BCUT2D eigenvalue weighted by Crippen LogP contribution is -2.14. The summed E-state index contributed by atoms with van der Waals surface area (Å²) in [5, 5.41) is 12.4. The topological polar surface area (TPSA) is 68.0 Å². The Morgan fingerprint density at radius 1 is 1.23 bits per heavy atom. The minimum atomic E-state index is -0.171. The van der Waals surface area contributed by atoms with Crippen LogP contribution in [-0.4, -0.2) is 16.1 Å². The third-order valence-electron chi connectivity index (χ3n) is 3.10. The molecule has 3 aromatic rings. The van der Waals surface area contributed by atoms with Gasteiger partial charge in [0.2, 0.25) is 11.8 Å². The number of hydrogen-bond acceptors (Lipinski definition) is 5. The van der Waals surface area contributed by atoms with Crippen molar-refractivity contribution in [3.8, 4) is 0 Å². The molecule has 1 amide bonds. The van der Waals surface area contributed by atoms with Crippen LogP contribution in [0.5, 0.6) is 0 Å². The van der Waals surface area contributed by atoms with Gasteiger partial charge in [0.1, 0.15) is 0 Å². The summed E-state index contributed by atoms with van der Waals surface area (Å²) in [5.41, 5.74) is 2.11. The Hall–Kier alpha value is -2.47. The van der Waals surface area contributed by atoms with E-state index in [0.29, 0.717) is 12.3 Å². The molecule has 0 saturated carbocycles. The highest BCUT2D eigenvalue weighted by Gasteiger charge is 2.11. The van der Waals surface area contributed by atoms with Crippen LogP contribution in [0.3, 0.4) is 0 Å². The molecule has 0 bridgehead atoms. The highest BCUT2D eigenvalue weighted by Crippen LogP contribution is 2.15. The van der Waals surface area contributed by atoms with Crippen molar-refractivity contribution in [3.63, 3.8) is 0 Å². The normalized spacial score (nSPS) is 10.6. The Morgan fingerprint density at radius 2 is 2.05 bits per heavy atom. The Bertz CT molecular complexity index is 748. The van der Waals surface area contributed by atoms with E-state index < -0.39 is 0 Å². The van der Waals surface area contributed by atoms with Crippen molar-refractivity contribution >= 4 is 23.3 Å². The molecule has 0 radical (unpaired) electrons. The van der Waals surface area contributed by atoms with Gasteiger partial charge in [-0.05, 0) is 23.9 Å². The number of thiophene rings is 1. The summed E-state index contributed by atoms with van der Waals surface area (Å²) in [4.78, 5) is 13.1. The van der Waals surface area contributed by atoms with E-state index in [9.17, 15) is 4.79 Å². The first-order chi connectivity index (χ1) is 10.7. The van der Waals surface area contributed by atoms with Crippen LogP contribution in [0.4, 0.5) is 6.01 Å². The van der Waals surface area contributed by atoms with Gasteiger partial charge in [-0.3, -0.25) is 10.1 Å². The monoisotopic (exact) mass is 313 g/mol. The van der Waals surface area contributed by atoms with Crippen LogP contribution in [0.15, 0.2) is 46.2 Å². The highest BCUT2D eigenvalue weighted by atomic mass is 32.1. The molecule has 0 fully saturated rings. The quantitative estimate of drug-likeness (QED) is 0.785. The lowest BCUT2D eigenvalue weighted by atomic mass is 10.1. The maximum absolute atomic E-state index is 12.0. The molecule has 1 N–H and O–H groups in total. The second kappa shape index (κ2) is 6.53. The number of amides is 1. The molecule has 5 nitrogen and oxygen atoms in total. The summed E-state index contributed by atoms with van der Waals surface area (Å²) in [5.74, 6) is 0.322. The molecule has 0 aliphatic heterocycles. The summed E-state index contributed by atoms with van der Waals surface area (Å²) in [7, 11) is 0. The van der Waals surface area contributed by atoms with Gasteiger partial charge in [-0.1, -0.05) is 41.0 Å². The van der Waals surface area contributed by atoms with Gasteiger partial charge in [0.05, 0.1) is 12.8 Å². The molecule has 0 spiro atoms. The predicted molar refractivity (Wildman–Crippen MR) is 84.9 cm³/mol. The number of aryl methyl sites for hydroxylation is 1. The van der Waals surface area contributed by atoms with Crippen molar-refractivity contribution in [1.82, 2.24) is 10.2 Å². The number of benzene rings is 1. The second-order valence-corrected chi connectivity index (χ2v) is 6.00. The van der Waals surface area contributed by atoms with Crippen LogP contribution in [-0.2, 0) is 17.6 Å². The Morgan fingerprint density at radius 3 is 2.77 bits per heavy atom. The molecule has 0 aliphatic carbocycles. The summed E-state index contributed by atoms with van der Waals surface area (Å²) in [6.07, 6.45) is 0.863. The number of rotatable bonds is 5. The van der Waals surface area contributed by atoms with Gasteiger partial charge in [-0.25, -0.2) is 0 Å². The molecule has 0 saturated heterocycles. The Kier molecular flexibility index (Phi) is 4.29. The van der Waals surface area contributed by atoms with E-state index in [1.807, 2.05) is 48.7 Å². The van der Waals surface area contributed by atoms with Crippen LogP contribution in [0, 0.1) is 6.92 Å². The largest absolute Gasteiger partial charge is 0.407 e. The molecule has 2 aromatic heterocycles. The average molecular weight is 313 g/mol. The predicted octanol–water partition coefficient (Wildman–Crippen LogP) is 3.21. The van der Waals surface area contributed by atoms with E-state index >= 15 is 0 Å². The van der Waals surface area contributed by atoms with Gasteiger partial charge in [0.25, 0.3) is 0 Å². The second-order valence-electron chi connectivity index (χ2n) is 4.97. The first kappa shape index (κ1) is 14.5. The number of anilines is 1. The number of aromatic nitrogens is 2. The minimum Gasteiger partial charge on any atom is -0.407 e. The number of nitrogens with one attached hydrogen (secondary N) is 1. The Balaban J connectivity index is 1.57. The van der Waals surface area contributed by atoms with Gasteiger partial charge in [0.15, 0.2) is 0 Å². The van der Waals surface area contributed by atoms with Gasteiger partial charge in [-0.15, -0.1) is 16.4 Å². The van der Waals surface area contributed by atoms with Crippen molar-refractivity contribution in [2.75, 3.05) is 5.32 Å². The summed E-state index contributed by atoms with van der Waals surface area (Å²) >= 11 is 1.63. The van der Waals surface area contributed by atoms with Gasteiger partial charge in [-0.2, -0.15) is 0 Å². The summed E-state index contributed by atoms with van der Waals surface area (Å²) in [6, 6.07) is 12.0. The van der Waals surface area contributed by atoms with Crippen molar-refractivity contribution in [2.45, 2.75) is 19.8 Å². The molecular weight excluding hydrogens is 298 g/mol. The lowest BCUT2D eigenvalue weighted by molar-refractivity contribution is -0.115. The highest BCUT2D eigenvalue weighted by molar-refractivity contribution is 7.09. The smallest absolute Gasteiger partial charge is 0.322 e. The molecule has 1 aromatic carbocycles. The zero-order chi connectivity index (χ0) is 15.4. The molecule has 2 heterocycles.